The molecule has 0 aliphatic carbocycles. The lowest BCUT2D eigenvalue weighted by molar-refractivity contribution is -0.152. The third-order valence-electron chi connectivity index (χ3n) is 2.79. The molecule has 2 rings (SSSR count). The molecular formula is C10H15NO2S. The smallest absolute Gasteiger partial charge is 0.177 e. The highest BCUT2D eigenvalue weighted by atomic mass is 32.2. The van der Waals surface area contributed by atoms with Crippen molar-refractivity contribution in [2.75, 3.05) is 12.4 Å². The van der Waals surface area contributed by atoms with Gasteiger partial charge >= 0.3 is 0 Å². The van der Waals surface area contributed by atoms with Gasteiger partial charge in [0.1, 0.15) is 0 Å². The summed E-state index contributed by atoms with van der Waals surface area (Å²) in [7, 11) is 0. The molecule has 2 heterocycles. The van der Waals surface area contributed by atoms with Crippen LogP contribution < -0.4 is 0 Å². The molecule has 0 aromatic carbocycles. The fourth-order valence-electron chi connectivity index (χ4n) is 2.02. The van der Waals surface area contributed by atoms with E-state index in [0.29, 0.717) is 18.3 Å². The molecular weight excluding hydrogens is 198 g/mol. The first-order chi connectivity index (χ1) is 6.74. The molecule has 3 atom stereocenters. The topological polar surface area (TPSA) is 42.2 Å². The molecule has 0 radical (unpaired) electrons. The molecule has 0 aromatic rings. The van der Waals surface area contributed by atoms with E-state index in [1.54, 1.807) is 0 Å². The Morgan fingerprint density at radius 3 is 3.14 bits per heavy atom. The zero-order valence-corrected chi connectivity index (χ0v) is 9.18. The van der Waals surface area contributed by atoms with Crippen LogP contribution in [0.3, 0.4) is 0 Å². The lowest BCUT2D eigenvalue weighted by Gasteiger charge is -2.28. The second-order valence-corrected chi connectivity index (χ2v) is 5.24. The van der Waals surface area contributed by atoms with Gasteiger partial charge in [-0.25, -0.2) is 0 Å². The van der Waals surface area contributed by atoms with E-state index in [1.807, 2.05) is 18.7 Å². The molecule has 0 bridgehead atoms. The van der Waals surface area contributed by atoms with E-state index in [0.717, 1.165) is 0 Å². The van der Waals surface area contributed by atoms with Crippen LogP contribution in [-0.4, -0.2) is 29.5 Å². The highest BCUT2D eigenvalue weighted by Crippen LogP contribution is 2.40. The van der Waals surface area contributed by atoms with Crippen LogP contribution in [0.2, 0.25) is 0 Å². The third kappa shape index (κ3) is 1.90. The lowest BCUT2D eigenvalue weighted by Crippen LogP contribution is -2.37. The number of hydrogen-bond acceptors (Lipinski definition) is 4. The molecule has 2 fully saturated rings. The first-order valence-electron chi connectivity index (χ1n) is 5.05. The predicted molar refractivity (Wildman–Crippen MR) is 54.9 cm³/mol. The van der Waals surface area contributed by atoms with Gasteiger partial charge in [-0.1, -0.05) is 0 Å². The summed E-state index contributed by atoms with van der Waals surface area (Å²) in [6, 6.07) is 2.13. The van der Waals surface area contributed by atoms with Crippen LogP contribution in [0, 0.1) is 11.3 Å². The SMILES string of the molecule is CC1(C2CCCS2)OCC(CC#N)O1. The van der Waals surface area contributed by atoms with Crippen molar-refractivity contribution in [3.63, 3.8) is 0 Å². The van der Waals surface area contributed by atoms with Crippen molar-refractivity contribution in [2.45, 2.75) is 43.3 Å². The van der Waals surface area contributed by atoms with Crippen molar-refractivity contribution in [2.24, 2.45) is 0 Å². The maximum atomic E-state index is 8.57. The number of nitriles is 1. The molecule has 4 heteroatoms. The standard InChI is InChI=1S/C10H15NO2S/c1-10(9-3-2-6-14-9)12-7-8(13-10)4-5-11/h8-9H,2-4,6-7H2,1H3. The number of rotatable bonds is 2. The van der Waals surface area contributed by atoms with Crippen molar-refractivity contribution >= 4 is 11.8 Å². The van der Waals surface area contributed by atoms with Gasteiger partial charge in [0.15, 0.2) is 5.79 Å². The van der Waals surface area contributed by atoms with Gasteiger partial charge in [-0.05, 0) is 25.5 Å². The van der Waals surface area contributed by atoms with E-state index >= 15 is 0 Å². The van der Waals surface area contributed by atoms with E-state index in [2.05, 4.69) is 6.07 Å². The fourth-order valence-corrected chi connectivity index (χ4v) is 3.40. The summed E-state index contributed by atoms with van der Waals surface area (Å²) in [6.45, 7) is 2.58. The molecule has 0 N–H and O–H groups in total. The average Bonchev–Trinajstić information content (AvgIpc) is 2.75. The minimum Gasteiger partial charge on any atom is -0.346 e. The highest BCUT2D eigenvalue weighted by molar-refractivity contribution is 8.00. The van der Waals surface area contributed by atoms with E-state index < -0.39 is 5.79 Å². The second-order valence-electron chi connectivity index (χ2n) is 3.93. The summed E-state index contributed by atoms with van der Waals surface area (Å²) in [5, 5.41) is 9.02. The first kappa shape index (κ1) is 10.3. The Morgan fingerprint density at radius 2 is 2.50 bits per heavy atom. The average molecular weight is 213 g/mol. The summed E-state index contributed by atoms with van der Waals surface area (Å²) in [4.78, 5) is 0. The number of thioether (sulfide) groups is 1. The Kier molecular flexibility index (Phi) is 3.01. The van der Waals surface area contributed by atoms with Crippen LogP contribution in [0.25, 0.3) is 0 Å². The zero-order chi connectivity index (χ0) is 10.0. The maximum absolute atomic E-state index is 8.57. The van der Waals surface area contributed by atoms with Crippen molar-refractivity contribution < 1.29 is 9.47 Å². The van der Waals surface area contributed by atoms with Gasteiger partial charge in [0.05, 0.1) is 30.5 Å². The summed E-state index contributed by atoms with van der Waals surface area (Å²) in [5.74, 6) is 0.762. The molecule has 0 aromatic heterocycles. The van der Waals surface area contributed by atoms with E-state index in [4.69, 9.17) is 14.7 Å². The highest BCUT2D eigenvalue weighted by Gasteiger charge is 2.45. The summed E-state index contributed by atoms with van der Waals surface area (Å²) >= 11 is 1.93. The molecule has 2 aliphatic rings. The van der Waals surface area contributed by atoms with Crippen molar-refractivity contribution in [3.05, 3.63) is 0 Å². The summed E-state index contributed by atoms with van der Waals surface area (Å²) in [6.07, 6.45) is 2.83. The van der Waals surface area contributed by atoms with Crippen LogP contribution in [0.5, 0.6) is 0 Å². The van der Waals surface area contributed by atoms with E-state index in [1.165, 1.54) is 18.6 Å². The quantitative estimate of drug-likeness (QED) is 0.703. The van der Waals surface area contributed by atoms with E-state index in [9.17, 15) is 0 Å². The Hall–Kier alpha value is -0.240. The minimum absolute atomic E-state index is 0.0220. The van der Waals surface area contributed by atoms with Gasteiger partial charge in [-0.15, -0.1) is 0 Å². The van der Waals surface area contributed by atoms with Crippen LogP contribution >= 0.6 is 11.8 Å². The van der Waals surface area contributed by atoms with Crippen molar-refractivity contribution in [1.82, 2.24) is 0 Å². The molecule has 0 amide bonds. The lowest BCUT2D eigenvalue weighted by atomic mass is 10.1. The third-order valence-corrected chi connectivity index (χ3v) is 4.38. The molecule has 3 unspecified atom stereocenters. The minimum atomic E-state index is -0.442. The van der Waals surface area contributed by atoms with Gasteiger partial charge in [0.25, 0.3) is 0 Å². The van der Waals surface area contributed by atoms with Gasteiger partial charge in [-0.3, -0.25) is 0 Å². The van der Waals surface area contributed by atoms with Gasteiger partial charge in [0, 0.05) is 0 Å². The molecule has 0 spiro atoms. The first-order valence-corrected chi connectivity index (χ1v) is 6.10. The molecule has 78 valence electrons. The van der Waals surface area contributed by atoms with Gasteiger partial charge in [-0.2, -0.15) is 17.0 Å². The van der Waals surface area contributed by atoms with Crippen molar-refractivity contribution in [3.8, 4) is 6.07 Å². The van der Waals surface area contributed by atoms with Gasteiger partial charge < -0.3 is 9.47 Å². The Balaban J connectivity index is 1.94. The maximum Gasteiger partial charge on any atom is 0.177 e. The van der Waals surface area contributed by atoms with Crippen LogP contribution in [0.15, 0.2) is 0 Å². The molecule has 2 saturated heterocycles. The normalized spacial score (nSPS) is 42.6. The Bertz CT molecular complexity index is 247. The molecule has 14 heavy (non-hydrogen) atoms. The largest absolute Gasteiger partial charge is 0.346 e. The fraction of sp³-hybridized carbons (Fsp3) is 0.900. The molecule has 0 saturated carbocycles. The second kappa shape index (κ2) is 4.09. The zero-order valence-electron chi connectivity index (χ0n) is 8.36. The predicted octanol–water partition coefficient (Wildman–Crippen LogP) is 1.93. The summed E-state index contributed by atoms with van der Waals surface area (Å²) in [5.41, 5.74) is 0. The monoisotopic (exact) mass is 213 g/mol. The summed E-state index contributed by atoms with van der Waals surface area (Å²) < 4.78 is 11.5. The molecule has 2 aliphatic heterocycles. The number of hydrogen-bond donors (Lipinski definition) is 0. The van der Waals surface area contributed by atoms with E-state index in [-0.39, 0.29) is 6.10 Å². The Labute approximate surface area is 88.8 Å². The molecule has 3 nitrogen and oxygen atoms in total. The van der Waals surface area contributed by atoms with Crippen LogP contribution in [0.1, 0.15) is 26.2 Å². The van der Waals surface area contributed by atoms with Crippen LogP contribution in [-0.2, 0) is 9.47 Å². The van der Waals surface area contributed by atoms with Crippen LogP contribution in [0.4, 0.5) is 0 Å². The van der Waals surface area contributed by atoms with Crippen molar-refractivity contribution in [1.29, 1.82) is 5.26 Å². The Morgan fingerprint density at radius 1 is 1.64 bits per heavy atom. The van der Waals surface area contributed by atoms with Gasteiger partial charge in [0.2, 0.25) is 0 Å². The number of ether oxygens (including phenoxy) is 2. The number of nitrogens with zero attached hydrogens (tertiary/aromatic N) is 1.